The Balaban J connectivity index is 2.44. The van der Waals surface area contributed by atoms with Gasteiger partial charge in [0, 0.05) is 0 Å². The zero-order valence-electron chi connectivity index (χ0n) is 10.4. The highest BCUT2D eigenvalue weighted by atomic mass is 16.5. The van der Waals surface area contributed by atoms with E-state index < -0.39 is 5.97 Å². The Kier molecular flexibility index (Phi) is 3.37. The number of esters is 1. The lowest BCUT2D eigenvalue weighted by Crippen LogP contribution is -2.03. The van der Waals surface area contributed by atoms with Gasteiger partial charge in [-0.1, -0.05) is 6.58 Å². The van der Waals surface area contributed by atoms with Crippen LogP contribution in [-0.4, -0.2) is 19.7 Å². The summed E-state index contributed by atoms with van der Waals surface area (Å²) in [6.45, 7) is 6.04. The molecule has 0 saturated heterocycles. The fraction of sp³-hybridized carbons (Fsp3) is 0.214. The van der Waals surface area contributed by atoms with Crippen LogP contribution in [0.15, 0.2) is 41.0 Å². The highest BCUT2D eigenvalue weighted by Gasteiger charge is 2.13. The number of hydrogen-bond donors (Lipinski definition) is 0. The van der Waals surface area contributed by atoms with Crippen LogP contribution >= 0.6 is 0 Å². The molecule has 0 spiro atoms. The van der Waals surface area contributed by atoms with Gasteiger partial charge in [-0.25, -0.2) is 4.79 Å². The topological polar surface area (TPSA) is 48.7 Å². The molecule has 0 amide bonds. The Morgan fingerprint density at radius 3 is 2.89 bits per heavy atom. The molecule has 1 aromatic heterocycles. The first-order valence-electron chi connectivity index (χ1n) is 5.48. The van der Waals surface area contributed by atoms with Crippen LogP contribution in [-0.2, 0) is 4.74 Å². The fourth-order valence-corrected chi connectivity index (χ4v) is 1.59. The number of methoxy groups -OCH3 is 1. The van der Waals surface area contributed by atoms with Crippen LogP contribution in [0.3, 0.4) is 0 Å². The van der Waals surface area contributed by atoms with Crippen LogP contribution < -0.4 is 4.74 Å². The summed E-state index contributed by atoms with van der Waals surface area (Å²) in [4.78, 5) is 11.5. The second-order valence-electron chi connectivity index (χ2n) is 4.04. The number of carbonyl (C=O) groups excluding carboxylic acids is 1. The van der Waals surface area contributed by atoms with E-state index >= 15 is 0 Å². The van der Waals surface area contributed by atoms with Crippen molar-refractivity contribution < 1.29 is 18.7 Å². The molecule has 0 saturated carbocycles. The van der Waals surface area contributed by atoms with Crippen LogP contribution in [0.5, 0.6) is 5.75 Å². The van der Waals surface area contributed by atoms with Crippen molar-refractivity contribution in [1.82, 2.24) is 0 Å². The van der Waals surface area contributed by atoms with Crippen molar-refractivity contribution in [3.05, 3.63) is 42.2 Å². The fourth-order valence-electron chi connectivity index (χ4n) is 1.59. The number of carbonyl (C=O) groups is 1. The highest BCUT2D eigenvalue weighted by Crippen LogP contribution is 2.29. The molecule has 0 atom stereocenters. The molecule has 1 aromatic carbocycles. The van der Waals surface area contributed by atoms with Gasteiger partial charge in [0.25, 0.3) is 0 Å². The van der Waals surface area contributed by atoms with E-state index in [1.165, 1.54) is 7.11 Å². The molecule has 0 fully saturated rings. The van der Waals surface area contributed by atoms with Crippen LogP contribution in [0.4, 0.5) is 0 Å². The average Bonchev–Trinajstić information content (AvgIpc) is 2.82. The molecule has 4 heteroatoms. The molecule has 0 unspecified atom stereocenters. The Bertz CT molecular complexity index is 595. The summed E-state index contributed by atoms with van der Waals surface area (Å²) in [5, 5.41) is 0.823. The third-order valence-electron chi connectivity index (χ3n) is 2.43. The van der Waals surface area contributed by atoms with Crippen LogP contribution in [0.25, 0.3) is 11.0 Å². The number of furan rings is 1. The molecular formula is C14H14O4. The smallest absolute Gasteiger partial charge is 0.338 e. The molecule has 0 bridgehead atoms. The minimum Gasteiger partial charge on any atom is -0.488 e. The van der Waals surface area contributed by atoms with Crippen LogP contribution in [0.1, 0.15) is 17.3 Å². The van der Waals surface area contributed by atoms with E-state index in [9.17, 15) is 4.79 Å². The predicted molar refractivity (Wildman–Crippen MR) is 67.9 cm³/mol. The van der Waals surface area contributed by atoms with Gasteiger partial charge >= 0.3 is 5.97 Å². The predicted octanol–water partition coefficient (Wildman–Crippen LogP) is 3.17. The minimum absolute atomic E-state index is 0.394. The third-order valence-corrected chi connectivity index (χ3v) is 2.43. The van der Waals surface area contributed by atoms with Crippen molar-refractivity contribution in [2.24, 2.45) is 0 Å². The Hall–Kier alpha value is -2.23. The molecule has 0 radical (unpaired) electrons. The molecule has 1 heterocycles. The zero-order chi connectivity index (χ0) is 13.1. The summed E-state index contributed by atoms with van der Waals surface area (Å²) < 4.78 is 15.6. The zero-order valence-corrected chi connectivity index (χ0v) is 10.4. The number of rotatable bonds is 4. The van der Waals surface area contributed by atoms with Crippen molar-refractivity contribution >= 4 is 16.9 Å². The molecule has 0 aliphatic rings. The minimum atomic E-state index is -0.423. The summed E-state index contributed by atoms with van der Waals surface area (Å²) in [7, 11) is 1.34. The van der Waals surface area contributed by atoms with Crippen LogP contribution in [0.2, 0.25) is 0 Å². The number of fused-ring (bicyclic) bond motifs is 1. The lowest BCUT2D eigenvalue weighted by Gasteiger charge is -2.08. The van der Waals surface area contributed by atoms with Crippen molar-refractivity contribution in [2.75, 3.05) is 13.7 Å². The lowest BCUT2D eigenvalue weighted by molar-refractivity contribution is 0.0600. The SMILES string of the molecule is C=C(C)COc1cc(C(=O)OC)cc2occc12. The van der Waals surface area contributed by atoms with Gasteiger partial charge in [0.15, 0.2) is 0 Å². The average molecular weight is 246 g/mol. The molecule has 2 rings (SSSR count). The first-order valence-corrected chi connectivity index (χ1v) is 5.48. The standard InChI is InChI=1S/C14H14O4/c1-9(2)8-18-13-7-10(14(15)16-3)6-12-11(13)4-5-17-12/h4-7H,1,8H2,2-3H3. The number of benzene rings is 1. The summed E-state index contributed by atoms with van der Waals surface area (Å²) in [6.07, 6.45) is 1.55. The first-order chi connectivity index (χ1) is 8.61. The normalized spacial score (nSPS) is 10.3. The molecule has 18 heavy (non-hydrogen) atoms. The molecular weight excluding hydrogens is 232 g/mol. The second-order valence-corrected chi connectivity index (χ2v) is 4.04. The maximum atomic E-state index is 11.5. The Labute approximate surface area is 105 Å². The molecule has 0 N–H and O–H groups in total. The van der Waals surface area contributed by atoms with Crippen molar-refractivity contribution in [2.45, 2.75) is 6.92 Å². The highest BCUT2D eigenvalue weighted by molar-refractivity contribution is 5.96. The number of ether oxygens (including phenoxy) is 2. The van der Waals surface area contributed by atoms with Crippen molar-refractivity contribution in [3.8, 4) is 5.75 Å². The van der Waals surface area contributed by atoms with Gasteiger partial charge in [0.2, 0.25) is 0 Å². The Morgan fingerprint density at radius 1 is 1.44 bits per heavy atom. The van der Waals surface area contributed by atoms with Gasteiger partial charge in [-0.3, -0.25) is 0 Å². The van der Waals surface area contributed by atoms with Gasteiger partial charge in [-0.2, -0.15) is 0 Å². The first kappa shape index (κ1) is 12.2. The van der Waals surface area contributed by atoms with E-state index in [2.05, 4.69) is 11.3 Å². The van der Waals surface area contributed by atoms with E-state index in [4.69, 9.17) is 9.15 Å². The van der Waals surface area contributed by atoms with Gasteiger partial charge in [-0.15, -0.1) is 0 Å². The third kappa shape index (κ3) is 2.37. The summed E-state index contributed by atoms with van der Waals surface area (Å²) in [6, 6.07) is 5.07. The van der Waals surface area contributed by atoms with Gasteiger partial charge in [0.1, 0.15) is 17.9 Å². The number of hydrogen-bond acceptors (Lipinski definition) is 4. The van der Waals surface area contributed by atoms with Gasteiger partial charge in [-0.05, 0) is 30.7 Å². The van der Waals surface area contributed by atoms with E-state index in [1.807, 2.05) is 6.92 Å². The summed E-state index contributed by atoms with van der Waals surface area (Å²) in [5.74, 6) is 0.165. The van der Waals surface area contributed by atoms with E-state index in [-0.39, 0.29) is 0 Å². The monoisotopic (exact) mass is 246 g/mol. The lowest BCUT2D eigenvalue weighted by atomic mass is 10.1. The second kappa shape index (κ2) is 4.96. The quantitative estimate of drug-likeness (QED) is 0.614. The van der Waals surface area contributed by atoms with Crippen molar-refractivity contribution in [3.63, 3.8) is 0 Å². The molecule has 2 aromatic rings. The van der Waals surface area contributed by atoms with Crippen molar-refractivity contribution in [1.29, 1.82) is 0 Å². The van der Waals surface area contributed by atoms with E-state index in [0.29, 0.717) is 23.5 Å². The summed E-state index contributed by atoms with van der Waals surface area (Å²) in [5.41, 5.74) is 1.89. The summed E-state index contributed by atoms with van der Waals surface area (Å²) >= 11 is 0. The Morgan fingerprint density at radius 2 is 2.22 bits per heavy atom. The van der Waals surface area contributed by atoms with Crippen LogP contribution in [0, 0.1) is 0 Å². The van der Waals surface area contributed by atoms with E-state index in [0.717, 1.165) is 11.0 Å². The molecule has 4 nitrogen and oxygen atoms in total. The van der Waals surface area contributed by atoms with Gasteiger partial charge in [0.05, 0.1) is 24.3 Å². The maximum Gasteiger partial charge on any atom is 0.338 e. The van der Waals surface area contributed by atoms with Gasteiger partial charge < -0.3 is 13.9 Å². The van der Waals surface area contributed by atoms with E-state index in [1.54, 1.807) is 24.5 Å². The maximum absolute atomic E-state index is 11.5. The largest absolute Gasteiger partial charge is 0.488 e. The molecule has 0 aliphatic heterocycles. The molecule has 94 valence electrons. The molecule has 0 aliphatic carbocycles.